The summed E-state index contributed by atoms with van der Waals surface area (Å²) in [5.74, 6) is 0.740. The first-order valence-corrected chi connectivity index (χ1v) is 7.37. The Hall–Kier alpha value is -0.610. The van der Waals surface area contributed by atoms with Crippen LogP contribution in [0.3, 0.4) is 0 Å². The molecule has 4 nitrogen and oxygen atoms in total. The largest absolute Gasteiger partial charge is 0.352 e. The molecule has 0 aromatic carbocycles. The van der Waals surface area contributed by atoms with Gasteiger partial charge in [-0.25, -0.2) is 0 Å². The van der Waals surface area contributed by atoms with Gasteiger partial charge in [-0.05, 0) is 51.6 Å². The van der Waals surface area contributed by atoms with E-state index in [-0.39, 0.29) is 5.91 Å². The Labute approximate surface area is 110 Å². The van der Waals surface area contributed by atoms with Crippen LogP contribution in [0.2, 0.25) is 0 Å². The summed E-state index contributed by atoms with van der Waals surface area (Å²) >= 11 is 0. The van der Waals surface area contributed by atoms with Gasteiger partial charge in [-0.15, -0.1) is 0 Å². The molecule has 18 heavy (non-hydrogen) atoms. The summed E-state index contributed by atoms with van der Waals surface area (Å²) in [7, 11) is 2.12. The summed E-state index contributed by atoms with van der Waals surface area (Å²) in [6, 6.07) is 0.672. The highest BCUT2D eigenvalue weighted by Crippen LogP contribution is 2.25. The average Bonchev–Trinajstić information content (AvgIpc) is 2.28. The van der Waals surface area contributed by atoms with E-state index in [0.717, 1.165) is 32.4 Å². The molecule has 1 aliphatic carbocycles. The molecule has 3 unspecified atom stereocenters. The second kappa shape index (κ2) is 6.53. The molecule has 3 atom stereocenters. The predicted octanol–water partition coefficient (Wildman–Crippen LogP) is 1.10. The van der Waals surface area contributed by atoms with Gasteiger partial charge in [-0.2, -0.15) is 0 Å². The number of likely N-dealkylation sites (N-methyl/N-ethyl adjacent to an activating group) is 1. The van der Waals surface area contributed by atoms with E-state index in [4.69, 9.17) is 5.73 Å². The van der Waals surface area contributed by atoms with Gasteiger partial charge in [0, 0.05) is 25.0 Å². The Morgan fingerprint density at radius 1 is 1.33 bits per heavy atom. The number of hydrogen-bond acceptors (Lipinski definition) is 3. The Morgan fingerprint density at radius 3 is 2.89 bits per heavy atom. The molecule has 1 aliphatic heterocycles. The predicted molar refractivity (Wildman–Crippen MR) is 73.2 cm³/mol. The third kappa shape index (κ3) is 4.25. The van der Waals surface area contributed by atoms with Crippen LogP contribution in [0, 0.1) is 5.92 Å². The normalized spacial score (nSPS) is 34.2. The lowest BCUT2D eigenvalue weighted by Gasteiger charge is -2.31. The van der Waals surface area contributed by atoms with Crippen molar-refractivity contribution in [2.45, 2.75) is 57.0 Å². The number of nitrogens with one attached hydrogen (secondary N) is 1. The lowest BCUT2D eigenvalue weighted by molar-refractivity contribution is -0.123. The molecule has 2 fully saturated rings. The van der Waals surface area contributed by atoms with Crippen LogP contribution in [0.15, 0.2) is 0 Å². The van der Waals surface area contributed by atoms with Gasteiger partial charge < -0.3 is 16.0 Å². The van der Waals surface area contributed by atoms with Crippen LogP contribution in [-0.4, -0.2) is 43.0 Å². The molecule has 2 rings (SSSR count). The smallest absolute Gasteiger partial charge is 0.220 e. The molecule has 0 bridgehead atoms. The number of carbonyl (C=O) groups is 1. The quantitative estimate of drug-likeness (QED) is 0.792. The summed E-state index contributed by atoms with van der Waals surface area (Å²) in [6.45, 7) is 2.15. The van der Waals surface area contributed by atoms with Gasteiger partial charge in [0.1, 0.15) is 0 Å². The SMILES string of the molecule is CN1CCCC(NC(=O)CC2CCCC(N)C2)C1. The van der Waals surface area contributed by atoms with Crippen molar-refractivity contribution in [1.29, 1.82) is 0 Å². The van der Waals surface area contributed by atoms with Gasteiger partial charge in [0.15, 0.2) is 0 Å². The van der Waals surface area contributed by atoms with E-state index >= 15 is 0 Å². The zero-order valence-corrected chi connectivity index (χ0v) is 11.5. The highest BCUT2D eigenvalue weighted by molar-refractivity contribution is 5.76. The zero-order chi connectivity index (χ0) is 13.0. The third-order valence-corrected chi connectivity index (χ3v) is 4.29. The van der Waals surface area contributed by atoms with Crippen LogP contribution in [0.1, 0.15) is 44.9 Å². The van der Waals surface area contributed by atoms with Crippen LogP contribution < -0.4 is 11.1 Å². The molecule has 104 valence electrons. The van der Waals surface area contributed by atoms with Crippen molar-refractivity contribution >= 4 is 5.91 Å². The van der Waals surface area contributed by atoms with Crippen molar-refractivity contribution < 1.29 is 4.79 Å². The molecule has 0 aromatic heterocycles. The van der Waals surface area contributed by atoms with Gasteiger partial charge in [-0.3, -0.25) is 4.79 Å². The fourth-order valence-corrected chi connectivity index (χ4v) is 3.35. The van der Waals surface area contributed by atoms with Gasteiger partial charge in [0.2, 0.25) is 5.91 Å². The van der Waals surface area contributed by atoms with Crippen molar-refractivity contribution in [3.05, 3.63) is 0 Å². The Morgan fingerprint density at radius 2 is 2.17 bits per heavy atom. The van der Waals surface area contributed by atoms with Crippen LogP contribution in [-0.2, 0) is 4.79 Å². The molecule has 0 spiro atoms. The molecule has 1 saturated heterocycles. The maximum absolute atomic E-state index is 12.0. The van der Waals surface area contributed by atoms with Gasteiger partial charge in [0.25, 0.3) is 0 Å². The lowest BCUT2D eigenvalue weighted by atomic mass is 9.84. The second-order valence-corrected chi connectivity index (χ2v) is 6.17. The van der Waals surface area contributed by atoms with Crippen LogP contribution in [0.25, 0.3) is 0 Å². The van der Waals surface area contributed by atoms with Crippen molar-refractivity contribution in [2.75, 3.05) is 20.1 Å². The highest BCUT2D eigenvalue weighted by Gasteiger charge is 2.24. The summed E-state index contributed by atoms with van der Waals surface area (Å²) < 4.78 is 0. The molecular formula is C14H27N3O. The monoisotopic (exact) mass is 253 g/mol. The summed E-state index contributed by atoms with van der Waals surface area (Å²) in [5, 5.41) is 3.19. The minimum Gasteiger partial charge on any atom is -0.352 e. The summed E-state index contributed by atoms with van der Waals surface area (Å²) in [5.41, 5.74) is 5.96. The lowest BCUT2D eigenvalue weighted by Crippen LogP contribution is -2.46. The number of amides is 1. The van der Waals surface area contributed by atoms with Crippen molar-refractivity contribution in [1.82, 2.24) is 10.2 Å². The first-order valence-electron chi connectivity index (χ1n) is 7.37. The number of piperidine rings is 1. The van der Waals surface area contributed by atoms with Crippen LogP contribution in [0.5, 0.6) is 0 Å². The number of likely N-dealkylation sites (tertiary alicyclic amines) is 1. The first-order chi connectivity index (χ1) is 8.63. The van der Waals surface area contributed by atoms with E-state index in [1.54, 1.807) is 0 Å². The number of hydrogen-bond donors (Lipinski definition) is 2. The molecule has 4 heteroatoms. The van der Waals surface area contributed by atoms with E-state index in [1.165, 1.54) is 19.3 Å². The van der Waals surface area contributed by atoms with Crippen LogP contribution in [0.4, 0.5) is 0 Å². The van der Waals surface area contributed by atoms with Crippen molar-refractivity contribution in [2.24, 2.45) is 11.7 Å². The van der Waals surface area contributed by atoms with Crippen molar-refractivity contribution in [3.63, 3.8) is 0 Å². The Bertz CT molecular complexity index is 256. The maximum Gasteiger partial charge on any atom is 0.220 e. The molecule has 1 saturated carbocycles. The second-order valence-electron chi connectivity index (χ2n) is 6.17. The molecule has 2 aliphatic rings. The highest BCUT2D eigenvalue weighted by atomic mass is 16.1. The van der Waals surface area contributed by atoms with E-state index in [1.807, 2.05) is 0 Å². The van der Waals surface area contributed by atoms with E-state index in [0.29, 0.717) is 24.4 Å². The average molecular weight is 253 g/mol. The first kappa shape index (κ1) is 13.8. The van der Waals surface area contributed by atoms with Crippen LogP contribution >= 0.6 is 0 Å². The topological polar surface area (TPSA) is 58.4 Å². The van der Waals surface area contributed by atoms with E-state index in [9.17, 15) is 4.79 Å². The van der Waals surface area contributed by atoms with E-state index < -0.39 is 0 Å². The molecule has 0 radical (unpaired) electrons. The van der Waals surface area contributed by atoms with Gasteiger partial charge in [-0.1, -0.05) is 6.42 Å². The zero-order valence-electron chi connectivity index (χ0n) is 11.5. The van der Waals surface area contributed by atoms with Gasteiger partial charge >= 0.3 is 0 Å². The number of nitrogens with zero attached hydrogens (tertiary/aromatic N) is 1. The maximum atomic E-state index is 12.0. The molecular weight excluding hydrogens is 226 g/mol. The van der Waals surface area contributed by atoms with E-state index in [2.05, 4.69) is 17.3 Å². The fourth-order valence-electron chi connectivity index (χ4n) is 3.35. The third-order valence-electron chi connectivity index (χ3n) is 4.29. The molecule has 1 heterocycles. The Balaban J connectivity index is 1.71. The number of rotatable bonds is 3. The van der Waals surface area contributed by atoms with Crippen molar-refractivity contribution in [3.8, 4) is 0 Å². The minimum atomic E-state index is 0.231. The number of nitrogens with two attached hydrogens (primary N) is 1. The molecule has 3 N–H and O–H groups in total. The fraction of sp³-hybridized carbons (Fsp3) is 0.929. The number of carbonyl (C=O) groups excluding carboxylic acids is 1. The molecule has 1 amide bonds. The Kier molecular flexibility index (Phi) is 5.01. The standard InChI is InChI=1S/C14H27N3O/c1-17-7-3-6-13(10-17)16-14(18)9-11-4-2-5-12(15)8-11/h11-13H,2-10,15H2,1H3,(H,16,18). The molecule has 0 aromatic rings. The minimum absolute atomic E-state index is 0.231. The van der Waals surface area contributed by atoms with Gasteiger partial charge in [0.05, 0.1) is 0 Å². The summed E-state index contributed by atoms with van der Waals surface area (Å²) in [6.07, 6.45) is 7.50. The summed E-state index contributed by atoms with van der Waals surface area (Å²) in [4.78, 5) is 14.3.